The monoisotopic (exact) mass is 504 g/mol. The zero-order valence-electron chi connectivity index (χ0n) is 17.9. The van der Waals surface area contributed by atoms with Crippen molar-refractivity contribution in [1.82, 2.24) is 9.62 Å². The van der Waals surface area contributed by atoms with Gasteiger partial charge >= 0.3 is 0 Å². The van der Waals surface area contributed by atoms with Crippen molar-refractivity contribution in [2.45, 2.75) is 37.0 Å². The number of benzene rings is 2. The number of sulfonamides is 1. The number of halogens is 5. The van der Waals surface area contributed by atoms with Gasteiger partial charge in [0, 0.05) is 18.1 Å². The summed E-state index contributed by atoms with van der Waals surface area (Å²) in [4.78, 5) is 13.6. The molecule has 0 aliphatic carbocycles. The number of carbonyl (C=O) groups is 1. The van der Waals surface area contributed by atoms with E-state index in [9.17, 15) is 30.8 Å². The fraction of sp³-hybridized carbons (Fsp3) is 0.409. The van der Waals surface area contributed by atoms with Crippen LogP contribution in [0.4, 0.5) is 22.0 Å². The van der Waals surface area contributed by atoms with E-state index in [0.717, 1.165) is 17.0 Å². The molecule has 0 aromatic heterocycles. The Labute approximate surface area is 192 Å². The van der Waals surface area contributed by atoms with Gasteiger partial charge in [0.05, 0.1) is 25.4 Å². The van der Waals surface area contributed by atoms with Crippen molar-refractivity contribution in [1.29, 1.82) is 0 Å². The third-order valence-electron chi connectivity index (χ3n) is 5.90. The first-order chi connectivity index (χ1) is 15.9. The SMILES string of the molecule is CS(=O)(=O)N[C@@H]1[C@H](Cc2cccc(-c3cc(F)cc(F)c3)c2F)N(C(=O)[C@@H]2CCO2)CC1(F)F. The van der Waals surface area contributed by atoms with E-state index >= 15 is 4.39 Å². The normalized spacial score (nSPS) is 24.2. The number of alkyl halides is 2. The smallest absolute Gasteiger partial charge is 0.283 e. The molecule has 4 rings (SSSR count). The molecule has 2 aromatic rings. The quantitative estimate of drug-likeness (QED) is 0.614. The lowest BCUT2D eigenvalue weighted by atomic mass is 9.95. The Morgan fingerprint density at radius 2 is 1.82 bits per heavy atom. The van der Waals surface area contributed by atoms with Crippen molar-refractivity contribution in [2.24, 2.45) is 0 Å². The summed E-state index contributed by atoms with van der Waals surface area (Å²) in [7, 11) is -4.11. The van der Waals surface area contributed by atoms with Gasteiger partial charge in [0.15, 0.2) is 0 Å². The average molecular weight is 504 g/mol. The lowest BCUT2D eigenvalue weighted by Crippen LogP contribution is -2.54. The van der Waals surface area contributed by atoms with Crippen LogP contribution in [0.5, 0.6) is 0 Å². The molecule has 2 aliphatic rings. The Morgan fingerprint density at radius 1 is 1.18 bits per heavy atom. The van der Waals surface area contributed by atoms with Crippen molar-refractivity contribution in [3.63, 3.8) is 0 Å². The molecule has 0 bridgehead atoms. The second-order valence-electron chi connectivity index (χ2n) is 8.45. The van der Waals surface area contributed by atoms with Crippen LogP contribution in [0.2, 0.25) is 0 Å². The zero-order valence-corrected chi connectivity index (χ0v) is 18.7. The molecule has 6 nitrogen and oxygen atoms in total. The summed E-state index contributed by atoms with van der Waals surface area (Å²) in [6.07, 6.45) is -0.369. The second-order valence-corrected chi connectivity index (χ2v) is 10.2. The standard InChI is InChI=1S/C22H21F5N2O4S/c1-34(31,32)28-20-17(29(11-22(20,26)27)21(30)18-5-6-33-18)9-12-3-2-4-16(19(12)25)13-7-14(23)10-15(24)8-13/h2-4,7-8,10,17-18,20,28H,5-6,9,11H2,1H3/t17-,18-,20+/m0/s1. The third kappa shape index (κ3) is 4.93. The fourth-order valence-corrected chi connectivity index (χ4v) is 5.07. The van der Waals surface area contributed by atoms with Gasteiger partial charge in [0.25, 0.3) is 11.8 Å². The molecule has 2 saturated heterocycles. The second kappa shape index (κ2) is 8.90. The number of hydrogen-bond acceptors (Lipinski definition) is 4. The summed E-state index contributed by atoms with van der Waals surface area (Å²) in [5.41, 5.74) is -0.402. The molecular weight excluding hydrogens is 483 g/mol. The van der Waals surface area contributed by atoms with Crippen molar-refractivity contribution < 1.29 is 39.9 Å². The average Bonchev–Trinajstić information content (AvgIpc) is 2.90. The van der Waals surface area contributed by atoms with Gasteiger partial charge in [0.1, 0.15) is 29.6 Å². The molecule has 0 unspecified atom stereocenters. The van der Waals surface area contributed by atoms with E-state index in [0.29, 0.717) is 18.7 Å². The molecular formula is C22H21F5N2O4S. The third-order valence-corrected chi connectivity index (χ3v) is 6.58. The van der Waals surface area contributed by atoms with E-state index in [1.54, 1.807) is 0 Å². The van der Waals surface area contributed by atoms with Crippen molar-refractivity contribution in [3.8, 4) is 11.1 Å². The predicted octanol–water partition coefficient (Wildman–Crippen LogP) is 2.87. The first-order valence-corrected chi connectivity index (χ1v) is 12.3. The number of nitrogens with one attached hydrogen (secondary N) is 1. The Morgan fingerprint density at radius 3 is 2.38 bits per heavy atom. The van der Waals surface area contributed by atoms with Crippen molar-refractivity contribution in [3.05, 3.63) is 59.4 Å². The van der Waals surface area contributed by atoms with Crippen LogP contribution in [0.15, 0.2) is 36.4 Å². The van der Waals surface area contributed by atoms with Crippen LogP contribution in [-0.4, -0.2) is 62.7 Å². The van der Waals surface area contributed by atoms with E-state index < -0.39 is 70.5 Å². The van der Waals surface area contributed by atoms with Crippen LogP contribution in [0.25, 0.3) is 11.1 Å². The van der Waals surface area contributed by atoms with Crippen LogP contribution in [0.3, 0.4) is 0 Å². The highest BCUT2D eigenvalue weighted by Crippen LogP contribution is 2.37. The number of amides is 1. The molecule has 0 saturated carbocycles. The highest BCUT2D eigenvalue weighted by molar-refractivity contribution is 7.88. The molecule has 2 heterocycles. The molecule has 1 amide bonds. The zero-order chi connectivity index (χ0) is 24.8. The summed E-state index contributed by atoms with van der Waals surface area (Å²) in [6, 6.07) is 2.96. The van der Waals surface area contributed by atoms with Gasteiger partial charge in [-0.2, -0.15) is 0 Å². The Bertz CT molecular complexity index is 1200. The van der Waals surface area contributed by atoms with Gasteiger partial charge in [0.2, 0.25) is 10.0 Å². The molecule has 3 atom stereocenters. The van der Waals surface area contributed by atoms with Gasteiger partial charge in [-0.15, -0.1) is 0 Å². The Balaban J connectivity index is 1.73. The molecule has 184 valence electrons. The van der Waals surface area contributed by atoms with Gasteiger partial charge in [-0.3, -0.25) is 4.79 Å². The number of ether oxygens (including phenoxy) is 1. The van der Waals surface area contributed by atoms with E-state index in [2.05, 4.69) is 0 Å². The summed E-state index contributed by atoms with van der Waals surface area (Å²) >= 11 is 0. The topological polar surface area (TPSA) is 75.7 Å². The minimum absolute atomic E-state index is 0.102. The van der Waals surface area contributed by atoms with E-state index in [-0.39, 0.29) is 23.3 Å². The minimum Gasteiger partial charge on any atom is -0.368 e. The van der Waals surface area contributed by atoms with E-state index in [1.165, 1.54) is 18.2 Å². The highest BCUT2D eigenvalue weighted by atomic mass is 32.2. The maximum atomic E-state index is 15.4. The van der Waals surface area contributed by atoms with Gasteiger partial charge in [-0.25, -0.2) is 35.1 Å². The summed E-state index contributed by atoms with van der Waals surface area (Å²) in [6.45, 7) is -0.781. The first kappa shape index (κ1) is 24.6. The number of likely N-dealkylation sites (tertiary alicyclic amines) is 1. The van der Waals surface area contributed by atoms with E-state index in [1.807, 2.05) is 4.72 Å². The number of rotatable bonds is 6. The lowest BCUT2D eigenvalue weighted by molar-refractivity contribution is -0.158. The van der Waals surface area contributed by atoms with Gasteiger partial charge in [-0.05, 0) is 29.7 Å². The molecule has 1 N–H and O–H groups in total. The van der Waals surface area contributed by atoms with Gasteiger partial charge < -0.3 is 9.64 Å². The molecule has 34 heavy (non-hydrogen) atoms. The molecule has 2 fully saturated rings. The molecule has 0 spiro atoms. The minimum atomic E-state index is -4.11. The maximum Gasteiger partial charge on any atom is 0.283 e. The largest absolute Gasteiger partial charge is 0.368 e. The maximum absolute atomic E-state index is 15.4. The van der Waals surface area contributed by atoms with Crippen LogP contribution in [0, 0.1) is 17.5 Å². The van der Waals surface area contributed by atoms with E-state index in [4.69, 9.17) is 4.74 Å². The van der Waals surface area contributed by atoms with Crippen LogP contribution in [-0.2, 0) is 26.0 Å². The molecule has 2 aliphatic heterocycles. The molecule has 0 radical (unpaired) electrons. The summed E-state index contributed by atoms with van der Waals surface area (Å²) in [5.74, 6) is -7.15. The summed E-state index contributed by atoms with van der Waals surface area (Å²) < 4.78 is 103. The number of carbonyl (C=O) groups excluding carboxylic acids is 1. The van der Waals surface area contributed by atoms with Crippen LogP contribution >= 0.6 is 0 Å². The Kier molecular flexibility index (Phi) is 6.42. The highest BCUT2D eigenvalue weighted by Gasteiger charge is 2.57. The van der Waals surface area contributed by atoms with Crippen LogP contribution in [0.1, 0.15) is 12.0 Å². The van der Waals surface area contributed by atoms with Gasteiger partial charge in [-0.1, -0.05) is 18.2 Å². The summed E-state index contributed by atoms with van der Waals surface area (Å²) in [5, 5.41) is 0. The van der Waals surface area contributed by atoms with Crippen molar-refractivity contribution >= 4 is 15.9 Å². The molecule has 12 heteroatoms. The number of hydrogen-bond donors (Lipinski definition) is 1. The lowest BCUT2D eigenvalue weighted by Gasteiger charge is -2.33. The predicted molar refractivity (Wildman–Crippen MR) is 112 cm³/mol. The molecule has 2 aromatic carbocycles. The first-order valence-electron chi connectivity index (χ1n) is 10.4. The Hall–Kier alpha value is -2.57. The number of nitrogens with zero attached hydrogens (tertiary/aromatic N) is 1. The fourth-order valence-electron chi connectivity index (χ4n) is 4.28. The van der Waals surface area contributed by atoms with Crippen LogP contribution < -0.4 is 4.72 Å². The van der Waals surface area contributed by atoms with Crippen molar-refractivity contribution in [2.75, 3.05) is 19.4 Å².